The first-order valence-corrected chi connectivity index (χ1v) is 6.58. The first-order valence-electron chi connectivity index (χ1n) is 6.58. The smallest absolute Gasteiger partial charge is 0.319 e. The Balaban J connectivity index is 2.32. The Morgan fingerprint density at radius 3 is 2.55 bits per heavy atom. The number of benzene rings is 1. The molecule has 1 aliphatic rings. The third-order valence-corrected chi connectivity index (χ3v) is 4.32. The van der Waals surface area contributed by atoms with Crippen LogP contribution >= 0.6 is 0 Å². The van der Waals surface area contributed by atoms with Crippen LogP contribution in [0, 0.1) is 11.3 Å². The molecule has 108 valence electrons. The number of hydrogen-bond donors (Lipinski definition) is 1. The molecule has 0 spiro atoms. The van der Waals surface area contributed by atoms with Crippen LogP contribution in [0.2, 0.25) is 0 Å². The summed E-state index contributed by atoms with van der Waals surface area (Å²) in [7, 11) is 0. The van der Waals surface area contributed by atoms with E-state index in [0.29, 0.717) is 0 Å². The van der Waals surface area contributed by atoms with Crippen molar-refractivity contribution in [3.63, 3.8) is 0 Å². The van der Waals surface area contributed by atoms with Crippen molar-refractivity contribution in [2.75, 3.05) is 13.2 Å². The summed E-state index contributed by atoms with van der Waals surface area (Å²) in [5.41, 5.74) is -0.759. The van der Waals surface area contributed by atoms with Crippen LogP contribution in [0.3, 0.4) is 0 Å². The second-order valence-electron chi connectivity index (χ2n) is 5.40. The number of carboxylic acids is 1. The van der Waals surface area contributed by atoms with Gasteiger partial charge in [-0.2, -0.15) is 0 Å². The second-order valence-corrected chi connectivity index (χ2v) is 5.40. The normalized spacial score (nSPS) is 27.6. The van der Waals surface area contributed by atoms with Gasteiger partial charge in [0, 0.05) is 12.5 Å². The monoisotopic (exact) mass is 279 g/mol. The van der Waals surface area contributed by atoms with Crippen LogP contribution in [-0.4, -0.2) is 35.1 Å². The average molecular weight is 279 g/mol. The Labute approximate surface area is 117 Å². The molecule has 3 atom stereocenters. The highest BCUT2D eigenvalue weighted by Gasteiger charge is 2.57. The third-order valence-electron chi connectivity index (χ3n) is 4.32. The van der Waals surface area contributed by atoms with Crippen molar-refractivity contribution >= 4 is 11.9 Å². The van der Waals surface area contributed by atoms with Gasteiger partial charge in [-0.15, -0.1) is 0 Å². The van der Waals surface area contributed by atoms with Crippen LogP contribution < -0.4 is 0 Å². The van der Waals surface area contributed by atoms with E-state index in [-0.39, 0.29) is 12.6 Å². The lowest BCUT2D eigenvalue weighted by Crippen LogP contribution is -2.42. The van der Waals surface area contributed by atoms with E-state index in [4.69, 9.17) is 0 Å². The minimum atomic E-state index is -1.67. The number of carboxylic acid groups (broad SMARTS) is 1. The standard InChI is InChI=1S/C15H18FNO3/c1-10(11-6-4-3-5-7-11)17-9-12(8-16)15(2,13(17)18)14(19)20/h3-7,10,12H,8-9H2,1-2H3,(H,19,20)/t10-,12+,15-/m1/s1. The van der Waals surface area contributed by atoms with E-state index in [1.165, 1.54) is 11.8 Å². The van der Waals surface area contributed by atoms with Crippen molar-refractivity contribution in [3.05, 3.63) is 35.9 Å². The molecule has 5 heteroatoms. The molecule has 2 rings (SSSR count). The van der Waals surface area contributed by atoms with Gasteiger partial charge in [-0.1, -0.05) is 30.3 Å². The van der Waals surface area contributed by atoms with Crippen molar-refractivity contribution in [2.24, 2.45) is 11.3 Å². The van der Waals surface area contributed by atoms with Gasteiger partial charge in [0.05, 0.1) is 12.7 Å². The minimum Gasteiger partial charge on any atom is -0.480 e. The fraction of sp³-hybridized carbons (Fsp3) is 0.467. The predicted molar refractivity (Wildman–Crippen MR) is 71.8 cm³/mol. The zero-order valence-electron chi connectivity index (χ0n) is 11.5. The zero-order valence-corrected chi connectivity index (χ0v) is 11.5. The van der Waals surface area contributed by atoms with Crippen LogP contribution in [0.4, 0.5) is 4.39 Å². The van der Waals surface area contributed by atoms with Gasteiger partial charge in [0.2, 0.25) is 5.91 Å². The van der Waals surface area contributed by atoms with Crippen molar-refractivity contribution in [1.82, 2.24) is 4.90 Å². The highest BCUT2D eigenvalue weighted by atomic mass is 19.1. The van der Waals surface area contributed by atoms with Crippen LogP contribution in [0.25, 0.3) is 0 Å². The number of carbonyl (C=O) groups excluding carboxylic acids is 1. The molecule has 1 saturated heterocycles. The molecule has 0 radical (unpaired) electrons. The van der Waals surface area contributed by atoms with E-state index in [1.807, 2.05) is 37.3 Å². The summed E-state index contributed by atoms with van der Waals surface area (Å²) < 4.78 is 13.1. The van der Waals surface area contributed by atoms with Crippen LogP contribution in [0.1, 0.15) is 25.5 Å². The maximum absolute atomic E-state index is 13.1. The highest BCUT2D eigenvalue weighted by Crippen LogP contribution is 2.41. The van der Waals surface area contributed by atoms with Crippen molar-refractivity contribution < 1.29 is 19.1 Å². The van der Waals surface area contributed by atoms with E-state index >= 15 is 0 Å². The molecule has 1 amide bonds. The van der Waals surface area contributed by atoms with Crippen molar-refractivity contribution in [2.45, 2.75) is 19.9 Å². The summed E-state index contributed by atoms with van der Waals surface area (Å²) in [6, 6.07) is 9.06. The molecule has 0 aromatic heterocycles. The van der Waals surface area contributed by atoms with Crippen molar-refractivity contribution in [3.8, 4) is 0 Å². The summed E-state index contributed by atoms with van der Waals surface area (Å²) in [6.45, 7) is 2.47. The molecule has 1 aliphatic heterocycles. The van der Waals surface area contributed by atoms with Gasteiger partial charge in [-0.3, -0.25) is 14.0 Å². The van der Waals surface area contributed by atoms with Gasteiger partial charge >= 0.3 is 5.97 Å². The van der Waals surface area contributed by atoms with Gasteiger partial charge in [-0.05, 0) is 19.4 Å². The Kier molecular flexibility index (Phi) is 3.79. The van der Waals surface area contributed by atoms with E-state index in [1.54, 1.807) is 0 Å². The SMILES string of the molecule is C[C@H](c1ccccc1)N1C[C@H](CF)[C@@](C)(C(=O)O)C1=O. The Morgan fingerprint density at radius 2 is 2.10 bits per heavy atom. The van der Waals surface area contributed by atoms with Crippen LogP contribution in [-0.2, 0) is 9.59 Å². The number of nitrogens with zero attached hydrogens (tertiary/aromatic N) is 1. The summed E-state index contributed by atoms with van der Waals surface area (Å²) in [6.07, 6.45) is 0. The Morgan fingerprint density at radius 1 is 1.50 bits per heavy atom. The van der Waals surface area contributed by atoms with Crippen LogP contribution in [0.15, 0.2) is 30.3 Å². The fourth-order valence-electron chi connectivity index (χ4n) is 2.69. The number of aliphatic carboxylic acids is 1. The van der Waals surface area contributed by atoms with Gasteiger partial charge < -0.3 is 10.0 Å². The highest BCUT2D eigenvalue weighted by molar-refractivity contribution is 6.03. The molecule has 1 heterocycles. The number of carbonyl (C=O) groups is 2. The summed E-state index contributed by atoms with van der Waals surface area (Å²) >= 11 is 0. The summed E-state index contributed by atoms with van der Waals surface area (Å²) in [5, 5.41) is 9.30. The second kappa shape index (κ2) is 5.23. The minimum absolute atomic E-state index is 0.133. The third kappa shape index (κ3) is 2.07. The fourth-order valence-corrected chi connectivity index (χ4v) is 2.69. The molecule has 20 heavy (non-hydrogen) atoms. The predicted octanol–water partition coefficient (Wildman–Crippen LogP) is 2.27. The lowest BCUT2D eigenvalue weighted by atomic mass is 9.80. The number of hydrogen-bond acceptors (Lipinski definition) is 2. The molecule has 0 saturated carbocycles. The van der Waals surface area contributed by atoms with Crippen LogP contribution in [0.5, 0.6) is 0 Å². The maximum atomic E-state index is 13.1. The molecule has 0 bridgehead atoms. The van der Waals surface area contributed by atoms with E-state index < -0.39 is 29.9 Å². The summed E-state index contributed by atoms with van der Waals surface area (Å²) in [4.78, 5) is 25.3. The number of alkyl halides is 1. The van der Waals surface area contributed by atoms with Gasteiger partial charge in [0.25, 0.3) is 0 Å². The number of halogens is 1. The molecule has 4 nitrogen and oxygen atoms in total. The van der Waals surface area contributed by atoms with Gasteiger partial charge in [-0.25, -0.2) is 0 Å². The lowest BCUT2D eigenvalue weighted by molar-refractivity contribution is -0.157. The number of likely N-dealkylation sites (tertiary alicyclic amines) is 1. The topological polar surface area (TPSA) is 57.6 Å². The molecule has 0 aliphatic carbocycles. The molecular formula is C15H18FNO3. The molecule has 1 aromatic rings. The number of rotatable bonds is 4. The largest absolute Gasteiger partial charge is 0.480 e. The molecule has 1 fully saturated rings. The molecule has 1 aromatic carbocycles. The quantitative estimate of drug-likeness (QED) is 0.860. The lowest BCUT2D eigenvalue weighted by Gasteiger charge is -2.26. The first-order chi connectivity index (χ1) is 9.42. The van der Waals surface area contributed by atoms with Crippen molar-refractivity contribution in [1.29, 1.82) is 0 Å². The molecule has 1 N–H and O–H groups in total. The molecular weight excluding hydrogens is 261 g/mol. The Bertz CT molecular complexity index is 519. The summed E-state index contributed by atoms with van der Waals surface area (Å²) in [5.74, 6) is -2.57. The maximum Gasteiger partial charge on any atom is 0.319 e. The average Bonchev–Trinajstić information content (AvgIpc) is 2.72. The van der Waals surface area contributed by atoms with Gasteiger partial charge in [0.1, 0.15) is 0 Å². The Hall–Kier alpha value is -1.91. The van der Waals surface area contributed by atoms with E-state index in [2.05, 4.69) is 0 Å². The van der Waals surface area contributed by atoms with E-state index in [0.717, 1.165) is 5.56 Å². The molecule has 0 unspecified atom stereocenters. The van der Waals surface area contributed by atoms with Gasteiger partial charge in [0.15, 0.2) is 5.41 Å². The first kappa shape index (κ1) is 14.5. The van der Waals surface area contributed by atoms with E-state index in [9.17, 15) is 19.1 Å². The zero-order chi connectivity index (χ0) is 14.9. The number of amides is 1.